The molecule has 1 aliphatic heterocycles. The largest absolute Gasteiger partial charge is 0.464 e. The average molecular weight is 293 g/mol. The fraction of sp³-hybridized carbons (Fsp3) is 0.600. The molecule has 1 unspecified atom stereocenters. The van der Waals surface area contributed by atoms with E-state index in [1.807, 2.05) is 24.0 Å². The van der Waals surface area contributed by atoms with E-state index in [2.05, 4.69) is 5.32 Å². The van der Waals surface area contributed by atoms with Gasteiger partial charge in [-0.3, -0.25) is 4.79 Å². The van der Waals surface area contributed by atoms with Crippen LogP contribution in [0.25, 0.3) is 0 Å². The van der Waals surface area contributed by atoms with Crippen LogP contribution in [0, 0.1) is 6.92 Å². The van der Waals surface area contributed by atoms with Crippen molar-refractivity contribution in [1.29, 1.82) is 0 Å². The summed E-state index contributed by atoms with van der Waals surface area (Å²) in [5.74, 6) is 1.74. The number of urea groups is 1. The summed E-state index contributed by atoms with van der Waals surface area (Å²) in [5.41, 5.74) is 5.01. The number of carbonyl (C=O) groups excluding carboxylic acids is 2. The van der Waals surface area contributed by atoms with Gasteiger partial charge in [-0.1, -0.05) is 12.8 Å². The third kappa shape index (κ3) is 4.24. The Morgan fingerprint density at radius 1 is 1.38 bits per heavy atom. The molecular formula is C15H23N3O3. The van der Waals surface area contributed by atoms with Gasteiger partial charge in [0.15, 0.2) is 0 Å². The Balaban J connectivity index is 2.04. The van der Waals surface area contributed by atoms with Gasteiger partial charge in [-0.25, -0.2) is 4.79 Å². The van der Waals surface area contributed by atoms with Crippen LogP contribution >= 0.6 is 0 Å². The quantitative estimate of drug-likeness (QED) is 0.890. The lowest BCUT2D eigenvalue weighted by Crippen LogP contribution is -2.38. The number of hydrogen-bond donors (Lipinski definition) is 2. The lowest BCUT2D eigenvalue weighted by molar-refractivity contribution is -0.133. The van der Waals surface area contributed by atoms with E-state index in [9.17, 15) is 9.59 Å². The summed E-state index contributed by atoms with van der Waals surface area (Å²) >= 11 is 0. The fourth-order valence-corrected chi connectivity index (χ4v) is 2.77. The minimum atomic E-state index is -0.600. The van der Waals surface area contributed by atoms with Crippen molar-refractivity contribution in [2.24, 2.45) is 5.73 Å². The molecule has 6 heteroatoms. The van der Waals surface area contributed by atoms with Gasteiger partial charge in [0.2, 0.25) is 5.91 Å². The van der Waals surface area contributed by atoms with Crippen LogP contribution in [0.3, 0.4) is 0 Å². The van der Waals surface area contributed by atoms with Gasteiger partial charge in [-0.05, 0) is 31.9 Å². The summed E-state index contributed by atoms with van der Waals surface area (Å²) in [6, 6.07) is 3.28. The smallest absolute Gasteiger partial charge is 0.312 e. The monoisotopic (exact) mass is 293 g/mol. The number of nitrogens with two attached hydrogens (primary N) is 1. The normalized spacial score (nSPS) is 19.1. The molecule has 0 radical (unpaired) electrons. The van der Waals surface area contributed by atoms with Crippen molar-refractivity contribution in [3.8, 4) is 0 Å². The Hall–Kier alpha value is -1.98. The van der Waals surface area contributed by atoms with Crippen molar-refractivity contribution in [3.63, 3.8) is 0 Å². The predicted molar refractivity (Wildman–Crippen MR) is 78.6 cm³/mol. The van der Waals surface area contributed by atoms with Gasteiger partial charge >= 0.3 is 6.03 Å². The number of primary amides is 1. The molecule has 0 saturated carbocycles. The number of nitrogens with one attached hydrogen (secondary N) is 1. The topological polar surface area (TPSA) is 88.6 Å². The van der Waals surface area contributed by atoms with E-state index >= 15 is 0 Å². The molecule has 116 valence electrons. The number of likely N-dealkylation sites (tertiary alicyclic amines) is 1. The molecule has 0 bridgehead atoms. The van der Waals surface area contributed by atoms with Crippen LogP contribution in [0.1, 0.15) is 49.7 Å². The van der Waals surface area contributed by atoms with Crippen LogP contribution in [0.4, 0.5) is 4.79 Å². The molecule has 0 spiro atoms. The van der Waals surface area contributed by atoms with Gasteiger partial charge in [-0.15, -0.1) is 0 Å². The van der Waals surface area contributed by atoms with E-state index in [0.717, 1.165) is 43.7 Å². The van der Waals surface area contributed by atoms with Crippen molar-refractivity contribution in [1.82, 2.24) is 10.2 Å². The fourth-order valence-electron chi connectivity index (χ4n) is 2.77. The highest BCUT2D eigenvalue weighted by Crippen LogP contribution is 2.31. The van der Waals surface area contributed by atoms with E-state index in [0.29, 0.717) is 0 Å². The molecule has 1 aliphatic rings. The first kappa shape index (κ1) is 15.4. The van der Waals surface area contributed by atoms with Crippen LogP contribution in [0.15, 0.2) is 16.5 Å². The summed E-state index contributed by atoms with van der Waals surface area (Å²) < 4.78 is 5.72. The highest BCUT2D eigenvalue weighted by Gasteiger charge is 2.28. The molecule has 3 N–H and O–H groups in total. The van der Waals surface area contributed by atoms with Crippen LogP contribution in [-0.2, 0) is 4.79 Å². The lowest BCUT2D eigenvalue weighted by Gasteiger charge is -2.28. The Kier molecular flexibility index (Phi) is 5.25. The van der Waals surface area contributed by atoms with Gasteiger partial charge < -0.3 is 20.4 Å². The maximum atomic E-state index is 12.4. The molecule has 6 nitrogen and oxygen atoms in total. The van der Waals surface area contributed by atoms with E-state index in [-0.39, 0.29) is 24.9 Å². The van der Waals surface area contributed by atoms with E-state index in [1.54, 1.807) is 0 Å². The number of furan rings is 1. The van der Waals surface area contributed by atoms with Crippen LogP contribution in [0.2, 0.25) is 0 Å². The highest BCUT2D eigenvalue weighted by atomic mass is 16.3. The number of aryl methyl sites for hydroxylation is 1. The zero-order chi connectivity index (χ0) is 15.2. The van der Waals surface area contributed by atoms with Crippen molar-refractivity contribution in [2.75, 3.05) is 13.1 Å². The van der Waals surface area contributed by atoms with Crippen LogP contribution in [-0.4, -0.2) is 29.9 Å². The Labute approximate surface area is 124 Å². The molecule has 0 aromatic carbocycles. The Bertz CT molecular complexity index is 498. The SMILES string of the molecule is Cc1ccc(C2CCCCCN2C(=O)CCNC(N)=O)o1. The Morgan fingerprint density at radius 3 is 2.86 bits per heavy atom. The third-order valence-corrected chi connectivity index (χ3v) is 3.80. The summed E-state index contributed by atoms with van der Waals surface area (Å²) in [5, 5.41) is 2.46. The van der Waals surface area contributed by atoms with Gasteiger partial charge in [-0.2, -0.15) is 0 Å². The molecule has 2 heterocycles. The minimum absolute atomic E-state index is 0.00211. The first-order chi connectivity index (χ1) is 10.1. The van der Waals surface area contributed by atoms with E-state index < -0.39 is 6.03 Å². The summed E-state index contributed by atoms with van der Waals surface area (Å²) in [4.78, 5) is 25.0. The van der Waals surface area contributed by atoms with Crippen LogP contribution < -0.4 is 11.1 Å². The van der Waals surface area contributed by atoms with Crippen LogP contribution in [0.5, 0.6) is 0 Å². The zero-order valence-electron chi connectivity index (χ0n) is 12.4. The molecule has 21 heavy (non-hydrogen) atoms. The second-order valence-electron chi connectivity index (χ2n) is 5.44. The van der Waals surface area contributed by atoms with Gasteiger partial charge in [0.05, 0.1) is 6.04 Å². The number of carbonyl (C=O) groups is 2. The predicted octanol–water partition coefficient (Wildman–Crippen LogP) is 2.09. The van der Waals surface area contributed by atoms with Crippen molar-refractivity contribution < 1.29 is 14.0 Å². The van der Waals surface area contributed by atoms with E-state index in [1.165, 1.54) is 0 Å². The first-order valence-electron chi connectivity index (χ1n) is 7.47. The van der Waals surface area contributed by atoms with Crippen molar-refractivity contribution in [3.05, 3.63) is 23.7 Å². The average Bonchev–Trinajstić information content (AvgIpc) is 2.72. The number of rotatable bonds is 4. The van der Waals surface area contributed by atoms with Crippen molar-refractivity contribution >= 4 is 11.9 Å². The summed E-state index contributed by atoms with van der Waals surface area (Å²) in [6.45, 7) is 2.91. The second kappa shape index (κ2) is 7.15. The standard InChI is InChI=1S/C15H23N3O3/c1-11-6-7-13(21-11)12-5-3-2-4-10-18(12)14(19)8-9-17-15(16)20/h6-7,12H,2-5,8-10H2,1H3,(H3,16,17,20). The molecule has 1 atom stereocenters. The Morgan fingerprint density at radius 2 is 2.19 bits per heavy atom. The number of nitrogens with zero attached hydrogens (tertiary/aromatic N) is 1. The third-order valence-electron chi connectivity index (χ3n) is 3.80. The maximum Gasteiger partial charge on any atom is 0.312 e. The second-order valence-corrected chi connectivity index (χ2v) is 5.44. The molecule has 1 saturated heterocycles. The first-order valence-corrected chi connectivity index (χ1v) is 7.47. The summed E-state index contributed by atoms with van der Waals surface area (Å²) in [7, 11) is 0. The number of hydrogen-bond acceptors (Lipinski definition) is 3. The molecular weight excluding hydrogens is 270 g/mol. The van der Waals surface area contributed by atoms with Gasteiger partial charge in [0.25, 0.3) is 0 Å². The summed E-state index contributed by atoms with van der Waals surface area (Å²) in [6.07, 6.45) is 4.40. The molecule has 3 amide bonds. The number of amides is 3. The zero-order valence-corrected chi connectivity index (χ0v) is 12.4. The van der Waals surface area contributed by atoms with E-state index in [4.69, 9.17) is 10.2 Å². The molecule has 0 aliphatic carbocycles. The van der Waals surface area contributed by atoms with Gasteiger partial charge in [0, 0.05) is 19.5 Å². The van der Waals surface area contributed by atoms with Gasteiger partial charge in [0.1, 0.15) is 11.5 Å². The lowest BCUT2D eigenvalue weighted by atomic mass is 10.1. The molecule has 2 rings (SSSR count). The highest BCUT2D eigenvalue weighted by molar-refractivity contribution is 5.78. The molecule has 1 aromatic heterocycles. The minimum Gasteiger partial charge on any atom is -0.464 e. The molecule has 1 aromatic rings. The molecule has 1 fully saturated rings. The van der Waals surface area contributed by atoms with Crippen molar-refractivity contribution in [2.45, 2.75) is 45.1 Å². The maximum absolute atomic E-state index is 12.4.